The van der Waals surface area contributed by atoms with Crippen molar-refractivity contribution in [1.82, 2.24) is 10.2 Å². The first-order valence-electron chi connectivity index (χ1n) is 6.35. The number of carboxylic acids is 1. The molecule has 1 aliphatic heterocycles. The molecule has 1 unspecified atom stereocenters. The Morgan fingerprint density at radius 2 is 2.15 bits per heavy atom. The van der Waals surface area contributed by atoms with Crippen LogP contribution in [0.4, 0.5) is 4.79 Å². The number of fused-ring (bicyclic) bond motifs is 1. The van der Waals surface area contributed by atoms with Crippen molar-refractivity contribution in [3.05, 3.63) is 34.9 Å². The smallest absolute Gasteiger partial charge is 0.335 e. The highest BCUT2D eigenvalue weighted by atomic mass is 16.4. The highest BCUT2D eigenvalue weighted by Gasteiger charge is 2.24. The fourth-order valence-electron chi connectivity index (χ4n) is 2.20. The number of carbonyl (C=O) groups is 2. The van der Waals surface area contributed by atoms with Crippen LogP contribution < -0.4 is 5.32 Å². The van der Waals surface area contributed by atoms with Gasteiger partial charge in [0.25, 0.3) is 0 Å². The number of aromatic carboxylic acids is 1. The average Bonchev–Trinajstić information content (AvgIpc) is 2.81. The number of hydrogen-bond donors (Lipinski definition) is 2. The fraction of sp³-hybridized carbons (Fsp3) is 0.333. The van der Waals surface area contributed by atoms with Crippen molar-refractivity contribution in [3.8, 4) is 12.3 Å². The molecule has 2 N–H and O–H groups in total. The molecule has 0 radical (unpaired) electrons. The Kier molecular flexibility index (Phi) is 3.94. The highest BCUT2D eigenvalue weighted by Crippen LogP contribution is 2.24. The molecule has 0 bridgehead atoms. The van der Waals surface area contributed by atoms with Crippen molar-refractivity contribution in [1.29, 1.82) is 0 Å². The molecule has 1 atom stereocenters. The lowest BCUT2D eigenvalue weighted by Gasteiger charge is -2.19. The summed E-state index contributed by atoms with van der Waals surface area (Å²) in [7, 11) is 0. The normalized spacial score (nSPS) is 14.3. The first-order valence-corrected chi connectivity index (χ1v) is 6.35. The highest BCUT2D eigenvalue weighted by molar-refractivity contribution is 5.88. The molecular weight excluding hydrogens is 256 g/mol. The van der Waals surface area contributed by atoms with E-state index in [1.807, 2.05) is 6.92 Å². The topological polar surface area (TPSA) is 69.6 Å². The van der Waals surface area contributed by atoms with E-state index in [9.17, 15) is 9.59 Å². The van der Waals surface area contributed by atoms with Crippen LogP contribution in [0.2, 0.25) is 0 Å². The molecule has 0 spiro atoms. The SMILES string of the molecule is C#CCC(C)NC(=O)N1Cc2ccc(C(=O)O)cc2C1. The summed E-state index contributed by atoms with van der Waals surface area (Å²) in [6.45, 7) is 2.76. The molecule has 0 aromatic heterocycles. The van der Waals surface area contributed by atoms with Gasteiger partial charge in [0, 0.05) is 25.6 Å². The summed E-state index contributed by atoms with van der Waals surface area (Å²) in [6.07, 6.45) is 5.68. The summed E-state index contributed by atoms with van der Waals surface area (Å²) in [4.78, 5) is 24.6. The number of amides is 2. The van der Waals surface area contributed by atoms with Gasteiger partial charge in [-0.1, -0.05) is 6.07 Å². The molecule has 1 aromatic rings. The molecule has 1 aliphatic rings. The lowest BCUT2D eigenvalue weighted by atomic mass is 10.1. The third kappa shape index (κ3) is 2.91. The maximum absolute atomic E-state index is 12.0. The first kappa shape index (κ1) is 13.9. The van der Waals surface area contributed by atoms with Gasteiger partial charge in [-0.3, -0.25) is 0 Å². The second-order valence-electron chi connectivity index (χ2n) is 4.90. The minimum atomic E-state index is -0.960. The van der Waals surface area contributed by atoms with E-state index in [2.05, 4.69) is 11.2 Å². The Hall–Kier alpha value is -2.48. The number of nitrogens with one attached hydrogen (secondary N) is 1. The second-order valence-corrected chi connectivity index (χ2v) is 4.90. The summed E-state index contributed by atoms with van der Waals surface area (Å²) in [6, 6.07) is 4.68. The summed E-state index contributed by atoms with van der Waals surface area (Å²) in [5.41, 5.74) is 2.10. The maximum atomic E-state index is 12.0. The van der Waals surface area contributed by atoms with E-state index in [1.165, 1.54) is 0 Å². The van der Waals surface area contributed by atoms with Crippen molar-refractivity contribution in [2.75, 3.05) is 0 Å². The molecule has 104 valence electrons. The fourth-order valence-corrected chi connectivity index (χ4v) is 2.20. The molecule has 0 saturated heterocycles. The molecular formula is C15H16N2O3. The van der Waals surface area contributed by atoms with E-state index in [0.717, 1.165) is 11.1 Å². The van der Waals surface area contributed by atoms with Gasteiger partial charge < -0.3 is 15.3 Å². The van der Waals surface area contributed by atoms with Gasteiger partial charge in [-0.2, -0.15) is 0 Å². The molecule has 2 amide bonds. The number of terminal acetylenes is 1. The van der Waals surface area contributed by atoms with Crippen molar-refractivity contribution in [2.24, 2.45) is 0 Å². The van der Waals surface area contributed by atoms with E-state index in [0.29, 0.717) is 19.5 Å². The molecule has 0 aliphatic carbocycles. The van der Waals surface area contributed by atoms with E-state index >= 15 is 0 Å². The zero-order chi connectivity index (χ0) is 14.7. The van der Waals surface area contributed by atoms with Crippen LogP contribution in [0.3, 0.4) is 0 Å². The second kappa shape index (κ2) is 5.66. The van der Waals surface area contributed by atoms with Crippen LogP contribution in [-0.4, -0.2) is 28.0 Å². The Labute approximate surface area is 117 Å². The zero-order valence-electron chi connectivity index (χ0n) is 11.2. The first-order chi connectivity index (χ1) is 9.51. The van der Waals surface area contributed by atoms with E-state index < -0.39 is 5.97 Å². The predicted molar refractivity (Wildman–Crippen MR) is 74.1 cm³/mol. The molecule has 1 aromatic carbocycles. The summed E-state index contributed by atoms with van der Waals surface area (Å²) >= 11 is 0. The zero-order valence-corrected chi connectivity index (χ0v) is 11.2. The summed E-state index contributed by atoms with van der Waals surface area (Å²) in [5, 5.41) is 11.8. The lowest BCUT2D eigenvalue weighted by Crippen LogP contribution is -2.41. The number of rotatable bonds is 3. The van der Waals surface area contributed by atoms with Crippen molar-refractivity contribution < 1.29 is 14.7 Å². The van der Waals surface area contributed by atoms with Gasteiger partial charge in [-0.05, 0) is 30.2 Å². The predicted octanol–water partition coefficient (Wildman–Crippen LogP) is 1.82. The maximum Gasteiger partial charge on any atom is 0.335 e. The monoisotopic (exact) mass is 272 g/mol. The van der Waals surface area contributed by atoms with Crippen LogP contribution in [0, 0.1) is 12.3 Å². The Balaban J connectivity index is 2.04. The Bertz CT molecular complexity index is 589. The van der Waals surface area contributed by atoms with E-state index in [1.54, 1.807) is 23.1 Å². The number of hydrogen-bond acceptors (Lipinski definition) is 2. The van der Waals surface area contributed by atoms with E-state index in [-0.39, 0.29) is 17.6 Å². The molecule has 2 rings (SSSR count). The van der Waals surface area contributed by atoms with Gasteiger partial charge in [-0.15, -0.1) is 12.3 Å². The van der Waals surface area contributed by atoms with Crippen LogP contribution in [0.15, 0.2) is 18.2 Å². The molecule has 1 heterocycles. The standard InChI is InChI=1S/C15H16N2O3/c1-3-4-10(2)16-15(20)17-8-12-6-5-11(14(18)19)7-13(12)9-17/h1,5-7,10H,4,8-9H2,2H3,(H,16,20)(H,18,19). The van der Waals surface area contributed by atoms with Crippen molar-refractivity contribution >= 4 is 12.0 Å². The molecule has 20 heavy (non-hydrogen) atoms. The van der Waals surface area contributed by atoms with Gasteiger partial charge in [-0.25, -0.2) is 9.59 Å². The van der Waals surface area contributed by atoms with E-state index in [4.69, 9.17) is 11.5 Å². The lowest BCUT2D eigenvalue weighted by molar-refractivity contribution is 0.0696. The Morgan fingerprint density at radius 3 is 2.80 bits per heavy atom. The van der Waals surface area contributed by atoms with Gasteiger partial charge >= 0.3 is 12.0 Å². The molecule has 0 fully saturated rings. The van der Waals surface area contributed by atoms with Crippen LogP contribution in [0.25, 0.3) is 0 Å². The third-order valence-corrected chi connectivity index (χ3v) is 3.26. The minimum Gasteiger partial charge on any atom is -0.478 e. The van der Waals surface area contributed by atoms with Gasteiger partial charge in [0.05, 0.1) is 5.56 Å². The summed E-state index contributed by atoms with van der Waals surface area (Å²) in [5.74, 6) is 1.54. The largest absolute Gasteiger partial charge is 0.478 e. The van der Waals surface area contributed by atoms with Crippen LogP contribution in [0.5, 0.6) is 0 Å². The number of benzene rings is 1. The quantitative estimate of drug-likeness (QED) is 0.825. The van der Waals surface area contributed by atoms with Gasteiger partial charge in [0.1, 0.15) is 0 Å². The number of urea groups is 1. The summed E-state index contributed by atoms with van der Waals surface area (Å²) < 4.78 is 0. The van der Waals surface area contributed by atoms with Crippen LogP contribution in [0.1, 0.15) is 34.8 Å². The van der Waals surface area contributed by atoms with Gasteiger partial charge in [0.15, 0.2) is 0 Å². The minimum absolute atomic E-state index is 0.0780. The van der Waals surface area contributed by atoms with Crippen LogP contribution >= 0.6 is 0 Å². The van der Waals surface area contributed by atoms with Crippen molar-refractivity contribution in [3.63, 3.8) is 0 Å². The Morgan fingerprint density at radius 1 is 1.45 bits per heavy atom. The van der Waals surface area contributed by atoms with Crippen LogP contribution in [-0.2, 0) is 13.1 Å². The molecule has 0 saturated carbocycles. The van der Waals surface area contributed by atoms with Crippen molar-refractivity contribution in [2.45, 2.75) is 32.5 Å². The number of nitrogens with zero attached hydrogens (tertiary/aromatic N) is 1. The molecule has 5 nitrogen and oxygen atoms in total. The third-order valence-electron chi connectivity index (χ3n) is 3.26. The number of carboxylic acid groups (broad SMARTS) is 1. The average molecular weight is 272 g/mol. The van der Waals surface area contributed by atoms with Gasteiger partial charge in [0.2, 0.25) is 0 Å². The molecule has 5 heteroatoms. The number of carbonyl (C=O) groups excluding carboxylic acids is 1.